The Morgan fingerprint density at radius 3 is 2.49 bits per heavy atom. The number of carbonyl (C=O) groups excluding carboxylic acids is 1. The van der Waals surface area contributed by atoms with E-state index in [-0.39, 0.29) is 17.1 Å². The third-order valence-corrected chi connectivity index (χ3v) is 6.90. The molecule has 1 heterocycles. The Hall–Kier alpha value is -3.11. The molecule has 2 N–H and O–H groups in total. The van der Waals surface area contributed by atoms with Gasteiger partial charge in [0.2, 0.25) is 0 Å². The summed E-state index contributed by atoms with van der Waals surface area (Å²) in [6.45, 7) is 4.39. The summed E-state index contributed by atoms with van der Waals surface area (Å²) in [5, 5.41) is 6.38. The number of anilines is 2. The Morgan fingerprint density at radius 2 is 1.73 bits per heavy atom. The summed E-state index contributed by atoms with van der Waals surface area (Å²) in [6.07, 6.45) is 0. The third kappa shape index (κ3) is 7.45. The summed E-state index contributed by atoms with van der Waals surface area (Å²) in [4.78, 5) is 13.9. The van der Waals surface area contributed by atoms with Crippen LogP contribution in [0.4, 0.5) is 15.8 Å². The molecule has 196 valence electrons. The van der Waals surface area contributed by atoms with Crippen LogP contribution in [0.2, 0.25) is 0 Å². The highest BCUT2D eigenvalue weighted by Crippen LogP contribution is 2.48. The molecule has 37 heavy (non-hydrogen) atoms. The molecule has 1 amide bonds. The summed E-state index contributed by atoms with van der Waals surface area (Å²) in [5.74, 6) is -0.0203. The Balaban J connectivity index is 1.41. The van der Waals surface area contributed by atoms with Crippen molar-refractivity contribution in [2.75, 3.05) is 57.4 Å². The quantitative estimate of drug-likeness (QED) is 0.278. The van der Waals surface area contributed by atoms with E-state index >= 15 is 0 Å². The number of aryl methyl sites for hydroxylation is 1. The van der Waals surface area contributed by atoms with Gasteiger partial charge in [-0.2, -0.15) is 0 Å². The average Bonchev–Trinajstić information content (AvgIpc) is 3.33. The van der Waals surface area contributed by atoms with Crippen LogP contribution in [0.25, 0.3) is 0 Å². The summed E-state index contributed by atoms with van der Waals surface area (Å²) in [5.41, 5.74) is 3.41. The number of benzene rings is 3. The van der Waals surface area contributed by atoms with Gasteiger partial charge in [0, 0.05) is 40.6 Å². The fraction of sp³-hybridized carbons (Fsp3) is 0.321. The standard InChI is InChI=1S/C28H31FN2O5S/c1-19-17-20(7-10-23(19)29)27(32)30-21-8-9-22(28-31-24-5-3-4-6-26(24)37-28)25(18-21)36-16-15-35-14-13-34-12-11-33-2/h3-10,17-18,28,31H,11-16H2,1-2H3,(H,30,32). The average molecular weight is 527 g/mol. The number of ether oxygens (including phenoxy) is 4. The number of amides is 1. The lowest BCUT2D eigenvalue weighted by atomic mass is 10.1. The molecule has 1 unspecified atom stereocenters. The van der Waals surface area contributed by atoms with Crippen LogP contribution in [0.3, 0.4) is 0 Å². The molecule has 1 atom stereocenters. The molecule has 0 bridgehead atoms. The van der Waals surface area contributed by atoms with Crippen molar-refractivity contribution in [3.63, 3.8) is 0 Å². The first-order valence-electron chi connectivity index (χ1n) is 12.1. The van der Waals surface area contributed by atoms with E-state index in [9.17, 15) is 9.18 Å². The van der Waals surface area contributed by atoms with Gasteiger partial charge in [-0.3, -0.25) is 4.79 Å². The molecule has 0 spiro atoms. The molecule has 3 aromatic rings. The first-order chi connectivity index (χ1) is 18.0. The lowest BCUT2D eigenvalue weighted by Crippen LogP contribution is -2.15. The third-order valence-electron chi connectivity index (χ3n) is 5.68. The molecule has 7 nitrogen and oxygen atoms in total. The highest BCUT2D eigenvalue weighted by Gasteiger charge is 2.25. The lowest BCUT2D eigenvalue weighted by Gasteiger charge is -2.18. The first-order valence-corrected chi connectivity index (χ1v) is 12.9. The van der Waals surface area contributed by atoms with Crippen molar-refractivity contribution in [2.24, 2.45) is 0 Å². The Bertz CT molecular complexity index is 1180. The van der Waals surface area contributed by atoms with E-state index in [2.05, 4.69) is 16.7 Å². The Labute approximate surface area is 220 Å². The van der Waals surface area contributed by atoms with Crippen molar-refractivity contribution < 1.29 is 28.1 Å². The number of para-hydroxylation sites is 1. The summed E-state index contributed by atoms with van der Waals surface area (Å²) in [6, 6.07) is 18.0. The summed E-state index contributed by atoms with van der Waals surface area (Å²) >= 11 is 1.71. The predicted octanol–water partition coefficient (Wildman–Crippen LogP) is 5.66. The molecule has 4 rings (SSSR count). The molecule has 3 aromatic carbocycles. The lowest BCUT2D eigenvalue weighted by molar-refractivity contribution is 0.0179. The SMILES string of the molecule is COCCOCCOCCOc1cc(NC(=O)c2ccc(F)c(C)c2)ccc1C1Nc2ccccc2S1. The van der Waals surface area contributed by atoms with Gasteiger partial charge in [0.25, 0.3) is 5.91 Å². The number of methoxy groups -OCH3 is 1. The van der Waals surface area contributed by atoms with Gasteiger partial charge in [-0.15, -0.1) is 0 Å². The maximum absolute atomic E-state index is 13.6. The van der Waals surface area contributed by atoms with Crippen LogP contribution < -0.4 is 15.4 Å². The van der Waals surface area contributed by atoms with Crippen molar-refractivity contribution in [3.8, 4) is 5.75 Å². The van der Waals surface area contributed by atoms with Gasteiger partial charge in [-0.25, -0.2) is 4.39 Å². The zero-order valence-electron chi connectivity index (χ0n) is 20.9. The number of thioether (sulfide) groups is 1. The minimum Gasteiger partial charge on any atom is -0.491 e. The van der Waals surface area contributed by atoms with E-state index in [1.807, 2.05) is 36.4 Å². The highest BCUT2D eigenvalue weighted by atomic mass is 32.2. The normalized spacial score (nSPS) is 14.2. The van der Waals surface area contributed by atoms with Crippen LogP contribution in [-0.4, -0.2) is 52.7 Å². The van der Waals surface area contributed by atoms with E-state index in [4.69, 9.17) is 18.9 Å². The largest absolute Gasteiger partial charge is 0.491 e. The van der Waals surface area contributed by atoms with E-state index in [0.717, 1.165) is 11.3 Å². The Kier molecular flexibility index (Phi) is 9.78. The van der Waals surface area contributed by atoms with Gasteiger partial charge in [0.1, 0.15) is 23.5 Å². The minimum atomic E-state index is -0.345. The van der Waals surface area contributed by atoms with Crippen molar-refractivity contribution >= 4 is 29.0 Å². The summed E-state index contributed by atoms with van der Waals surface area (Å²) < 4.78 is 35.7. The van der Waals surface area contributed by atoms with Gasteiger partial charge in [-0.1, -0.05) is 30.0 Å². The maximum atomic E-state index is 13.6. The Morgan fingerprint density at radius 1 is 0.973 bits per heavy atom. The predicted molar refractivity (Wildman–Crippen MR) is 143 cm³/mol. The number of carbonyl (C=O) groups is 1. The second kappa shape index (κ2) is 13.4. The number of hydrogen-bond acceptors (Lipinski definition) is 7. The molecule has 0 saturated heterocycles. The number of nitrogens with one attached hydrogen (secondary N) is 2. The van der Waals surface area contributed by atoms with Crippen LogP contribution in [-0.2, 0) is 14.2 Å². The second-order valence-corrected chi connectivity index (χ2v) is 9.52. The van der Waals surface area contributed by atoms with Gasteiger partial charge < -0.3 is 29.6 Å². The fourth-order valence-electron chi connectivity index (χ4n) is 3.75. The highest BCUT2D eigenvalue weighted by molar-refractivity contribution is 8.00. The van der Waals surface area contributed by atoms with Crippen LogP contribution >= 0.6 is 11.8 Å². The zero-order chi connectivity index (χ0) is 26.0. The van der Waals surface area contributed by atoms with Gasteiger partial charge in [-0.05, 0) is 48.9 Å². The van der Waals surface area contributed by atoms with E-state index in [1.54, 1.807) is 25.8 Å². The van der Waals surface area contributed by atoms with Gasteiger partial charge in [0.05, 0.1) is 33.0 Å². The second-order valence-electron chi connectivity index (χ2n) is 8.38. The molecule has 9 heteroatoms. The number of rotatable bonds is 13. The molecular formula is C28H31FN2O5S. The monoisotopic (exact) mass is 526 g/mol. The van der Waals surface area contributed by atoms with E-state index < -0.39 is 0 Å². The van der Waals surface area contributed by atoms with Gasteiger partial charge >= 0.3 is 0 Å². The van der Waals surface area contributed by atoms with E-state index in [0.29, 0.717) is 62.2 Å². The molecule has 0 fully saturated rings. The van der Waals surface area contributed by atoms with Crippen molar-refractivity contribution in [3.05, 3.63) is 83.2 Å². The molecule has 1 aliphatic rings. The molecule has 0 radical (unpaired) electrons. The van der Waals surface area contributed by atoms with Crippen LogP contribution in [0, 0.1) is 12.7 Å². The topological polar surface area (TPSA) is 78.1 Å². The number of hydrogen-bond donors (Lipinski definition) is 2. The van der Waals surface area contributed by atoms with Crippen LogP contribution in [0.15, 0.2) is 65.6 Å². The molecule has 1 aliphatic heterocycles. The number of halogens is 1. The molecule has 0 aromatic heterocycles. The first kappa shape index (κ1) is 26.9. The van der Waals surface area contributed by atoms with Crippen molar-refractivity contribution in [1.82, 2.24) is 0 Å². The maximum Gasteiger partial charge on any atom is 0.255 e. The van der Waals surface area contributed by atoms with Crippen LogP contribution in [0.5, 0.6) is 5.75 Å². The van der Waals surface area contributed by atoms with Crippen LogP contribution in [0.1, 0.15) is 26.9 Å². The van der Waals surface area contributed by atoms with Crippen molar-refractivity contribution in [2.45, 2.75) is 17.2 Å². The summed E-state index contributed by atoms with van der Waals surface area (Å²) in [7, 11) is 1.63. The minimum absolute atomic E-state index is 0.0352. The van der Waals surface area contributed by atoms with Crippen molar-refractivity contribution in [1.29, 1.82) is 0 Å². The van der Waals surface area contributed by atoms with E-state index in [1.165, 1.54) is 23.1 Å². The molecule has 0 saturated carbocycles. The molecule has 0 aliphatic carbocycles. The number of fused-ring (bicyclic) bond motifs is 1. The smallest absolute Gasteiger partial charge is 0.255 e. The zero-order valence-corrected chi connectivity index (χ0v) is 21.7. The molecular weight excluding hydrogens is 495 g/mol. The fourth-order valence-corrected chi connectivity index (χ4v) is 4.92. The van der Waals surface area contributed by atoms with Gasteiger partial charge in [0.15, 0.2) is 0 Å².